The smallest absolute Gasteiger partial charge is 0.225 e. The van der Waals surface area contributed by atoms with Gasteiger partial charge in [-0.05, 0) is 0 Å². The molecule has 1 amide bonds. The summed E-state index contributed by atoms with van der Waals surface area (Å²) >= 11 is 0. The number of nitrogens with zero attached hydrogens (tertiary/aromatic N) is 1. The lowest BCUT2D eigenvalue weighted by Gasteiger charge is -2.18. The molecule has 0 aliphatic rings. The molecule has 3 unspecified atom stereocenters. The van der Waals surface area contributed by atoms with Crippen LogP contribution in [0.3, 0.4) is 0 Å². The lowest BCUT2D eigenvalue weighted by Crippen LogP contribution is -2.31. The van der Waals surface area contributed by atoms with E-state index in [2.05, 4.69) is 0 Å². The third kappa shape index (κ3) is 3.06. The van der Waals surface area contributed by atoms with E-state index < -0.39 is 8.46 Å². The zero-order chi connectivity index (χ0) is 9.02. The molecule has 3 nitrogen and oxygen atoms in total. The largest absolute Gasteiger partial charge is 0.349 e. The molecule has 0 aliphatic carbocycles. The molecule has 0 aromatic heterocycles. The fraction of sp³-hybridized carbons (Fsp3) is 0.857. The Morgan fingerprint density at radius 2 is 1.82 bits per heavy atom. The maximum atomic E-state index is 11.2. The second kappa shape index (κ2) is 4.55. The molecule has 11 heavy (non-hydrogen) atoms. The molecular formula is C7H16NO2P. The van der Waals surface area contributed by atoms with Gasteiger partial charge in [-0.15, -0.1) is 0 Å². The van der Waals surface area contributed by atoms with E-state index in [1.165, 1.54) is 4.90 Å². The van der Waals surface area contributed by atoms with Gasteiger partial charge in [0.1, 0.15) is 0 Å². The number of carbonyl (C=O) groups is 1. The van der Waals surface area contributed by atoms with Crippen molar-refractivity contribution in [2.45, 2.75) is 19.5 Å². The third-order valence-corrected chi connectivity index (χ3v) is 2.84. The molecule has 4 heteroatoms. The highest BCUT2D eigenvalue weighted by Crippen LogP contribution is 2.17. The maximum Gasteiger partial charge on any atom is 0.225 e. The van der Waals surface area contributed by atoms with E-state index in [0.717, 1.165) is 0 Å². The number of hydrogen-bond acceptors (Lipinski definition) is 2. The van der Waals surface area contributed by atoms with Crippen molar-refractivity contribution in [2.24, 2.45) is 5.92 Å². The van der Waals surface area contributed by atoms with E-state index in [1.54, 1.807) is 14.1 Å². The molecule has 0 aromatic carbocycles. The van der Waals surface area contributed by atoms with Gasteiger partial charge >= 0.3 is 0 Å². The predicted octanol–water partition coefficient (Wildman–Crippen LogP) is 0.856. The minimum absolute atomic E-state index is 0.0184. The standard InChI is InChI=1S/C7H16NO2P/c1-5(6(2)11-10)7(9)8(3)4/h5-6H,11H2,1-4H3. The minimum Gasteiger partial charge on any atom is -0.349 e. The predicted molar refractivity (Wildman–Crippen MR) is 47.7 cm³/mol. The fourth-order valence-corrected chi connectivity index (χ4v) is 1.15. The van der Waals surface area contributed by atoms with Crippen LogP contribution in [0.4, 0.5) is 0 Å². The average molecular weight is 177 g/mol. The average Bonchev–Trinajstić information content (AvgIpc) is 2.00. The second-order valence-electron chi connectivity index (χ2n) is 3.02. The van der Waals surface area contributed by atoms with Gasteiger partial charge in [-0.1, -0.05) is 13.8 Å². The molecule has 0 radical (unpaired) electrons. The van der Waals surface area contributed by atoms with Crippen molar-refractivity contribution in [1.82, 2.24) is 4.90 Å². The van der Waals surface area contributed by atoms with Gasteiger partial charge in [0.2, 0.25) is 5.91 Å². The summed E-state index contributed by atoms with van der Waals surface area (Å²) in [6, 6.07) is 0. The Kier molecular flexibility index (Phi) is 4.43. The highest BCUT2D eigenvalue weighted by atomic mass is 31.1. The van der Waals surface area contributed by atoms with Crippen molar-refractivity contribution in [2.75, 3.05) is 14.1 Å². The molecule has 0 saturated carbocycles. The number of hydrogen-bond donors (Lipinski definition) is 0. The number of amides is 1. The lowest BCUT2D eigenvalue weighted by atomic mass is 10.1. The Morgan fingerprint density at radius 3 is 2.09 bits per heavy atom. The van der Waals surface area contributed by atoms with Gasteiger partial charge in [-0.3, -0.25) is 4.79 Å². The molecule has 0 spiro atoms. The van der Waals surface area contributed by atoms with Crippen molar-refractivity contribution in [3.05, 3.63) is 0 Å². The number of carbonyl (C=O) groups excluding carboxylic acids is 1. The highest BCUT2D eigenvalue weighted by molar-refractivity contribution is 7.24. The summed E-state index contributed by atoms with van der Waals surface area (Å²) in [6.07, 6.45) is 0. The Balaban J connectivity index is 4.12. The van der Waals surface area contributed by atoms with E-state index >= 15 is 0 Å². The molecule has 66 valence electrons. The normalized spacial score (nSPS) is 16.7. The van der Waals surface area contributed by atoms with Crippen molar-refractivity contribution < 1.29 is 9.36 Å². The van der Waals surface area contributed by atoms with Crippen LogP contribution in [-0.4, -0.2) is 30.6 Å². The third-order valence-electron chi connectivity index (χ3n) is 1.83. The van der Waals surface area contributed by atoms with Crippen molar-refractivity contribution >= 4 is 14.4 Å². The molecule has 3 atom stereocenters. The summed E-state index contributed by atoms with van der Waals surface area (Å²) in [5.41, 5.74) is 0.0184. The summed E-state index contributed by atoms with van der Waals surface area (Å²) in [4.78, 5) is 12.8. The molecule has 0 saturated heterocycles. The Morgan fingerprint density at radius 1 is 1.36 bits per heavy atom. The van der Waals surface area contributed by atoms with Gasteiger partial charge in [0, 0.05) is 25.7 Å². The van der Waals surface area contributed by atoms with E-state index in [9.17, 15) is 9.36 Å². The zero-order valence-electron chi connectivity index (χ0n) is 7.50. The highest BCUT2D eigenvalue weighted by Gasteiger charge is 2.20. The number of rotatable bonds is 3. The summed E-state index contributed by atoms with van der Waals surface area (Å²) in [6.45, 7) is 3.66. The van der Waals surface area contributed by atoms with Gasteiger partial charge in [-0.2, -0.15) is 0 Å². The van der Waals surface area contributed by atoms with Gasteiger partial charge in [0.25, 0.3) is 0 Å². The van der Waals surface area contributed by atoms with Crippen LogP contribution in [0.25, 0.3) is 0 Å². The molecule has 0 rings (SSSR count). The molecule has 0 aliphatic heterocycles. The SMILES string of the molecule is CC([PH2]=O)C(C)C(=O)N(C)C. The monoisotopic (exact) mass is 177 g/mol. The molecule has 0 aromatic rings. The van der Waals surface area contributed by atoms with E-state index in [-0.39, 0.29) is 17.5 Å². The van der Waals surface area contributed by atoms with Gasteiger partial charge < -0.3 is 9.46 Å². The summed E-state index contributed by atoms with van der Waals surface area (Å²) < 4.78 is 10.5. The molecular weight excluding hydrogens is 161 g/mol. The minimum atomic E-state index is -0.841. The molecule has 0 heterocycles. The quantitative estimate of drug-likeness (QED) is 0.599. The van der Waals surface area contributed by atoms with E-state index in [4.69, 9.17) is 0 Å². The fourth-order valence-electron chi connectivity index (χ4n) is 0.750. The van der Waals surface area contributed by atoms with Crippen LogP contribution in [-0.2, 0) is 9.36 Å². The van der Waals surface area contributed by atoms with Crippen LogP contribution in [0.2, 0.25) is 0 Å². The molecule has 0 bridgehead atoms. The Labute approximate surface area is 69.0 Å². The first kappa shape index (κ1) is 10.7. The zero-order valence-corrected chi connectivity index (χ0v) is 8.65. The first-order valence-electron chi connectivity index (χ1n) is 3.67. The second-order valence-corrected chi connectivity index (χ2v) is 4.34. The van der Waals surface area contributed by atoms with Crippen LogP contribution >= 0.6 is 8.46 Å². The van der Waals surface area contributed by atoms with Gasteiger partial charge in [-0.25, -0.2) is 0 Å². The molecule has 0 N–H and O–H groups in total. The van der Waals surface area contributed by atoms with Crippen LogP contribution in [0.5, 0.6) is 0 Å². The first-order valence-corrected chi connectivity index (χ1v) is 4.81. The Bertz CT molecular complexity index is 159. The van der Waals surface area contributed by atoms with Crippen molar-refractivity contribution in [3.63, 3.8) is 0 Å². The van der Waals surface area contributed by atoms with Gasteiger partial charge in [0.05, 0.1) is 8.46 Å². The van der Waals surface area contributed by atoms with Crippen LogP contribution in [0.1, 0.15) is 13.8 Å². The summed E-state index contributed by atoms with van der Waals surface area (Å²) in [5, 5.41) is 0. The Hall–Kier alpha value is -0.300. The topological polar surface area (TPSA) is 37.4 Å². The summed E-state index contributed by atoms with van der Waals surface area (Å²) in [5.74, 6) is -0.0571. The van der Waals surface area contributed by atoms with Crippen LogP contribution in [0, 0.1) is 5.92 Å². The summed E-state index contributed by atoms with van der Waals surface area (Å²) in [7, 11) is 2.59. The molecule has 0 fully saturated rings. The van der Waals surface area contributed by atoms with Crippen LogP contribution < -0.4 is 0 Å². The van der Waals surface area contributed by atoms with Crippen molar-refractivity contribution in [3.8, 4) is 0 Å². The van der Waals surface area contributed by atoms with Crippen molar-refractivity contribution in [1.29, 1.82) is 0 Å². The van der Waals surface area contributed by atoms with E-state index in [0.29, 0.717) is 0 Å². The van der Waals surface area contributed by atoms with Crippen LogP contribution in [0.15, 0.2) is 0 Å². The first-order chi connectivity index (χ1) is 5.00. The van der Waals surface area contributed by atoms with E-state index in [1.807, 2.05) is 13.8 Å². The lowest BCUT2D eigenvalue weighted by molar-refractivity contribution is -0.132. The maximum absolute atomic E-state index is 11.2. The van der Waals surface area contributed by atoms with Gasteiger partial charge in [0.15, 0.2) is 0 Å².